The van der Waals surface area contributed by atoms with Crippen LogP contribution in [0.5, 0.6) is 5.75 Å². The predicted octanol–water partition coefficient (Wildman–Crippen LogP) is 5.69. The third-order valence-electron chi connectivity index (χ3n) is 6.31. The highest BCUT2D eigenvalue weighted by Crippen LogP contribution is 2.31. The van der Waals surface area contributed by atoms with E-state index in [1.54, 1.807) is 57.0 Å². The molecule has 0 saturated carbocycles. The summed E-state index contributed by atoms with van der Waals surface area (Å²) in [5, 5.41) is 10.3. The van der Waals surface area contributed by atoms with Crippen molar-refractivity contribution in [1.29, 1.82) is 0 Å². The van der Waals surface area contributed by atoms with Gasteiger partial charge in [0.1, 0.15) is 29.1 Å². The molecule has 43 heavy (non-hydrogen) atoms. The molecule has 1 saturated heterocycles. The van der Waals surface area contributed by atoms with Gasteiger partial charge in [-0.2, -0.15) is 18.3 Å². The van der Waals surface area contributed by atoms with Gasteiger partial charge in [0.05, 0.1) is 24.9 Å². The van der Waals surface area contributed by atoms with Gasteiger partial charge in [0.15, 0.2) is 5.69 Å². The molecular formula is C29H34F3N5O5S. The molecule has 0 unspecified atom stereocenters. The van der Waals surface area contributed by atoms with Gasteiger partial charge in [0.2, 0.25) is 0 Å². The molecule has 2 amide bonds. The molecule has 2 atom stereocenters. The highest BCUT2D eigenvalue weighted by atomic mass is 32.1. The normalized spacial score (nSPS) is 16.5. The van der Waals surface area contributed by atoms with Gasteiger partial charge in [0.25, 0.3) is 5.91 Å². The van der Waals surface area contributed by atoms with Crippen LogP contribution in [0.1, 0.15) is 67.3 Å². The lowest BCUT2D eigenvalue weighted by Gasteiger charge is -2.34. The Balaban J connectivity index is 1.50. The van der Waals surface area contributed by atoms with Crippen molar-refractivity contribution < 1.29 is 37.0 Å². The number of alkyl halides is 3. The van der Waals surface area contributed by atoms with E-state index in [1.165, 1.54) is 17.4 Å². The number of morpholine rings is 1. The van der Waals surface area contributed by atoms with Gasteiger partial charge >= 0.3 is 12.3 Å². The number of hydrogen-bond acceptors (Lipinski definition) is 9. The topological polar surface area (TPSA) is 116 Å². The van der Waals surface area contributed by atoms with Crippen LogP contribution in [0.2, 0.25) is 0 Å². The summed E-state index contributed by atoms with van der Waals surface area (Å²) in [4.78, 5) is 33.0. The quantitative estimate of drug-likeness (QED) is 0.341. The predicted molar refractivity (Wildman–Crippen MR) is 153 cm³/mol. The molecule has 1 fully saturated rings. The van der Waals surface area contributed by atoms with Crippen LogP contribution in [-0.4, -0.2) is 70.1 Å². The smallest absolute Gasteiger partial charge is 0.435 e. The molecule has 3 aromatic rings. The van der Waals surface area contributed by atoms with E-state index < -0.39 is 41.6 Å². The molecule has 0 spiro atoms. The van der Waals surface area contributed by atoms with Crippen LogP contribution in [0.15, 0.2) is 36.5 Å². The van der Waals surface area contributed by atoms with Gasteiger partial charge in [-0.1, -0.05) is 6.92 Å². The maximum Gasteiger partial charge on any atom is 0.435 e. The van der Waals surface area contributed by atoms with Gasteiger partial charge in [-0.25, -0.2) is 9.78 Å². The van der Waals surface area contributed by atoms with E-state index in [0.29, 0.717) is 29.5 Å². The number of thiazole rings is 1. The van der Waals surface area contributed by atoms with E-state index in [1.807, 2.05) is 6.92 Å². The largest absolute Gasteiger partial charge is 0.491 e. The molecule has 4 rings (SSSR count). The zero-order chi connectivity index (χ0) is 31.4. The molecule has 0 aliphatic carbocycles. The van der Waals surface area contributed by atoms with Crippen LogP contribution in [0.25, 0.3) is 10.6 Å². The molecular weight excluding hydrogens is 587 g/mol. The van der Waals surface area contributed by atoms with Crippen molar-refractivity contribution in [2.45, 2.75) is 65.0 Å². The molecule has 1 N–H and O–H groups in total. The SMILES string of the molecule is CCc1cnc(-c2cc(OC[C@H]3CN(C(=O)OC(C)(C)C)CCO3)cc(C(=O)N[C@H](C)c3ccc(C(F)(F)F)nn3)c2)s1. The molecule has 14 heteroatoms. The van der Waals surface area contributed by atoms with Crippen molar-refractivity contribution in [2.24, 2.45) is 0 Å². The number of hydrogen-bond donors (Lipinski definition) is 1. The minimum atomic E-state index is -4.61. The van der Waals surface area contributed by atoms with Gasteiger partial charge in [-0.3, -0.25) is 4.79 Å². The Morgan fingerprint density at radius 3 is 2.58 bits per heavy atom. The summed E-state index contributed by atoms with van der Waals surface area (Å²) in [6.07, 6.45) is -2.88. The van der Waals surface area contributed by atoms with Crippen molar-refractivity contribution >= 4 is 23.3 Å². The number of nitrogens with zero attached hydrogens (tertiary/aromatic N) is 4. The number of benzene rings is 1. The van der Waals surface area contributed by atoms with Crippen LogP contribution in [0, 0.1) is 0 Å². The van der Waals surface area contributed by atoms with E-state index in [2.05, 4.69) is 20.5 Å². The first-order chi connectivity index (χ1) is 20.2. The third-order valence-corrected chi connectivity index (χ3v) is 7.50. The number of carbonyl (C=O) groups is 2. The maximum absolute atomic E-state index is 13.3. The Hall–Kier alpha value is -3.78. The Morgan fingerprint density at radius 1 is 1.19 bits per heavy atom. The molecule has 3 heterocycles. The number of rotatable bonds is 8. The Kier molecular flexibility index (Phi) is 9.90. The zero-order valence-electron chi connectivity index (χ0n) is 24.5. The van der Waals surface area contributed by atoms with Crippen LogP contribution in [0.3, 0.4) is 0 Å². The van der Waals surface area contributed by atoms with E-state index >= 15 is 0 Å². The molecule has 0 bridgehead atoms. The fourth-order valence-corrected chi connectivity index (χ4v) is 4.96. The summed E-state index contributed by atoms with van der Waals surface area (Å²) < 4.78 is 55.9. The molecule has 1 aliphatic rings. The Bertz CT molecular complexity index is 1430. The fourth-order valence-electron chi connectivity index (χ4n) is 4.12. The van der Waals surface area contributed by atoms with Crippen LogP contribution in [-0.2, 0) is 22.1 Å². The van der Waals surface area contributed by atoms with E-state index in [9.17, 15) is 22.8 Å². The van der Waals surface area contributed by atoms with Crippen molar-refractivity contribution in [3.63, 3.8) is 0 Å². The van der Waals surface area contributed by atoms with Gasteiger partial charge in [-0.15, -0.1) is 16.4 Å². The summed E-state index contributed by atoms with van der Waals surface area (Å²) in [6, 6.07) is 6.28. The Morgan fingerprint density at radius 2 is 1.95 bits per heavy atom. The molecule has 1 aliphatic heterocycles. The van der Waals surface area contributed by atoms with E-state index in [4.69, 9.17) is 14.2 Å². The highest BCUT2D eigenvalue weighted by molar-refractivity contribution is 7.15. The summed E-state index contributed by atoms with van der Waals surface area (Å²) >= 11 is 1.49. The fraction of sp³-hybridized carbons (Fsp3) is 0.483. The first kappa shape index (κ1) is 32.1. The second-order valence-electron chi connectivity index (χ2n) is 11.0. The summed E-state index contributed by atoms with van der Waals surface area (Å²) in [5.41, 5.74) is -0.648. The number of ether oxygens (including phenoxy) is 3. The second kappa shape index (κ2) is 13.2. The van der Waals surface area contributed by atoms with Crippen molar-refractivity contribution in [3.05, 3.63) is 58.4 Å². The average Bonchev–Trinajstić information content (AvgIpc) is 3.44. The number of halogens is 3. The average molecular weight is 622 g/mol. The summed E-state index contributed by atoms with van der Waals surface area (Å²) in [5.74, 6) is -0.103. The number of amides is 2. The van der Waals surface area contributed by atoms with Crippen molar-refractivity contribution in [1.82, 2.24) is 25.4 Å². The van der Waals surface area contributed by atoms with E-state index in [-0.39, 0.29) is 24.4 Å². The Labute approximate surface area is 251 Å². The standard InChI is InChI=1S/C29H34F3N5O5S/c1-6-22-14-33-26(43-22)19-11-18(25(38)34-17(2)23-7-8-24(36-35-23)29(30,31)32)12-20(13-19)41-16-21-15-37(9-10-40-21)27(39)42-28(3,4)5/h7-8,11-14,17,21H,6,9-10,15-16H2,1-5H3,(H,34,38)/t17-,21-/m1/s1. The maximum atomic E-state index is 13.3. The molecule has 10 nitrogen and oxygen atoms in total. The van der Waals surface area contributed by atoms with Gasteiger partial charge in [-0.05, 0) is 64.4 Å². The van der Waals surface area contributed by atoms with E-state index in [0.717, 1.165) is 17.4 Å². The van der Waals surface area contributed by atoms with Gasteiger partial charge < -0.3 is 24.4 Å². The first-order valence-corrected chi connectivity index (χ1v) is 14.6. The lowest BCUT2D eigenvalue weighted by molar-refractivity contribution is -0.141. The lowest BCUT2D eigenvalue weighted by atomic mass is 10.1. The molecule has 232 valence electrons. The summed E-state index contributed by atoms with van der Waals surface area (Å²) in [6.45, 7) is 10.1. The van der Waals surface area contributed by atoms with Crippen molar-refractivity contribution in [3.8, 4) is 16.3 Å². The summed E-state index contributed by atoms with van der Waals surface area (Å²) in [7, 11) is 0. The zero-order valence-corrected chi connectivity index (χ0v) is 25.3. The third kappa shape index (κ3) is 8.86. The second-order valence-corrected chi connectivity index (χ2v) is 12.1. The first-order valence-electron chi connectivity index (χ1n) is 13.8. The number of aromatic nitrogens is 3. The van der Waals surface area contributed by atoms with Crippen LogP contribution >= 0.6 is 11.3 Å². The minimum absolute atomic E-state index is 0.111. The molecule has 0 radical (unpaired) electrons. The monoisotopic (exact) mass is 621 g/mol. The van der Waals surface area contributed by atoms with Gasteiger partial charge in [0, 0.05) is 28.7 Å². The van der Waals surface area contributed by atoms with Crippen LogP contribution < -0.4 is 10.1 Å². The number of carbonyl (C=O) groups excluding carboxylic acids is 2. The number of nitrogens with one attached hydrogen (secondary N) is 1. The number of aryl methyl sites for hydroxylation is 1. The highest BCUT2D eigenvalue weighted by Gasteiger charge is 2.33. The lowest BCUT2D eigenvalue weighted by Crippen LogP contribution is -2.49. The van der Waals surface area contributed by atoms with Crippen LogP contribution in [0.4, 0.5) is 18.0 Å². The minimum Gasteiger partial charge on any atom is -0.491 e. The van der Waals surface area contributed by atoms with Crippen molar-refractivity contribution in [2.75, 3.05) is 26.3 Å². The molecule has 1 aromatic carbocycles. The molecule has 2 aromatic heterocycles.